The van der Waals surface area contributed by atoms with E-state index in [4.69, 9.17) is 9.51 Å². The van der Waals surface area contributed by atoms with E-state index in [0.717, 1.165) is 41.7 Å². The second-order valence-corrected chi connectivity index (χ2v) is 8.17. The van der Waals surface area contributed by atoms with Crippen LogP contribution in [0.15, 0.2) is 46.3 Å². The Balaban J connectivity index is 1.22. The van der Waals surface area contributed by atoms with Gasteiger partial charge in [0, 0.05) is 26.2 Å². The first-order valence-corrected chi connectivity index (χ1v) is 10.2. The molecular formula is C18H17N5OS2. The Kier molecular flexibility index (Phi) is 4.16. The van der Waals surface area contributed by atoms with Crippen molar-refractivity contribution in [3.05, 3.63) is 47.7 Å². The molecule has 4 heterocycles. The SMILES string of the molecule is c1csc(-c2noc(CN3CCN(c4nc5ccccc5s4)CC3)n2)c1. The molecule has 8 heteroatoms. The van der Waals surface area contributed by atoms with Crippen molar-refractivity contribution in [1.82, 2.24) is 20.0 Å². The number of aromatic nitrogens is 3. The summed E-state index contributed by atoms with van der Waals surface area (Å²) >= 11 is 3.39. The lowest BCUT2D eigenvalue weighted by atomic mass is 10.3. The fourth-order valence-corrected chi connectivity index (χ4v) is 4.78. The lowest BCUT2D eigenvalue weighted by molar-refractivity contribution is 0.215. The minimum atomic E-state index is 0.682. The minimum Gasteiger partial charge on any atom is -0.345 e. The van der Waals surface area contributed by atoms with Crippen molar-refractivity contribution in [1.29, 1.82) is 0 Å². The van der Waals surface area contributed by atoms with Crippen molar-refractivity contribution >= 4 is 38.0 Å². The zero-order valence-electron chi connectivity index (χ0n) is 14.0. The van der Waals surface area contributed by atoms with E-state index in [1.165, 1.54) is 4.70 Å². The number of hydrogen-bond acceptors (Lipinski definition) is 8. The zero-order valence-corrected chi connectivity index (χ0v) is 15.7. The van der Waals surface area contributed by atoms with Gasteiger partial charge in [0.05, 0.1) is 21.6 Å². The maximum absolute atomic E-state index is 5.42. The first-order chi connectivity index (χ1) is 12.8. The summed E-state index contributed by atoms with van der Waals surface area (Å²) in [4.78, 5) is 15.0. The number of benzene rings is 1. The van der Waals surface area contributed by atoms with Gasteiger partial charge in [-0.15, -0.1) is 11.3 Å². The van der Waals surface area contributed by atoms with Crippen LogP contribution in [0.1, 0.15) is 5.89 Å². The predicted molar refractivity (Wildman–Crippen MR) is 105 cm³/mol. The second-order valence-electron chi connectivity index (χ2n) is 6.22. The van der Waals surface area contributed by atoms with Gasteiger partial charge < -0.3 is 9.42 Å². The van der Waals surface area contributed by atoms with Crippen LogP contribution in [-0.4, -0.2) is 46.2 Å². The largest absolute Gasteiger partial charge is 0.345 e. The molecule has 26 heavy (non-hydrogen) atoms. The molecule has 4 aromatic rings. The topological polar surface area (TPSA) is 58.3 Å². The molecule has 1 fully saturated rings. The highest BCUT2D eigenvalue weighted by atomic mass is 32.1. The number of rotatable bonds is 4. The molecule has 5 rings (SSSR count). The van der Waals surface area contributed by atoms with Crippen LogP contribution in [0.25, 0.3) is 20.9 Å². The number of piperazine rings is 1. The number of fused-ring (bicyclic) bond motifs is 1. The summed E-state index contributed by atoms with van der Waals surface area (Å²) < 4.78 is 6.67. The maximum Gasteiger partial charge on any atom is 0.241 e. The Morgan fingerprint density at radius 3 is 2.69 bits per heavy atom. The second kappa shape index (κ2) is 6.79. The molecule has 0 bridgehead atoms. The third-order valence-corrected chi connectivity index (χ3v) is 6.46. The molecule has 1 aliphatic rings. The molecule has 0 spiro atoms. The molecule has 0 saturated carbocycles. The molecule has 0 atom stereocenters. The zero-order chi connectivity index (χ0) is 17.3. The van der Waals surface area contributed by atoms with E-state index in [2.05, 4.69) is 38.1 Å². The van der Waals surface area contributed by atoms with Crippen molar-refractivity contribution in [3.63, 3.8) is 0 Å². The molecule has 0 amide bonds. The molecular weight excluding hydrogens is 366 g/mol. The monoisotopic (exact) mass is 383 g/mol. The Morgan fingerprint density at radius 1 is 1.00 bits per heavy atom. The number of hydrogen-bond donors (Lipinski definition) is 0. The molecule has 0 radical (unpaired) electrons. The normalized spacial score (nSPS) is 15.8. The van der Waals surface area contributed by atoms with Gasteiger partial charge in [0.15, 0.2) is 5.13 Å². The van der Waals surface area contributed by atoms with Gasteiger partial charge >= 0.3 is 0 Å². The van der Waals surface area contributed by atoms with Gasteiger partial charge in [-0.05, 0) is 23.6 Å². The van der Waals surface area contributed by atoms with E-state index in [1.807, 2.05) is 23.6 Å². The predicted octanol–water partition coefficient (Wildman–Crippen LogP) is 3.73. The van der Waals surface area contributed by atoms with Gasteiger partial charge in [-0.2, -0.15) is 4.98 Å². The Hall–Kier alpha value is -2.29. The smallest absolute Gasteiger partial charge is 0.241 e. The average Bonchev–Trinajstić information content (AvgIpc) is 3.42. The van der Waals surface area contributed by atoms with E-state index in [1.54, 1.807) is 22.7 Å². The molecule has 0 aliphatic carbocycles. The number of nitrogens with zero attached hydrogens (tertiary/aromatic N) is 5. The third-order valence-electron chi connectivity index (χ3n) is 4.49. The van der Waals surface area contributed by atoms with Crippen molar-refractivity contribution in [2.75, 3.05) is 31.1 Å². The van der Waals surface area contributed by atoms with Crippen LogP contribution in [0.3, 0.4) is 0 Å². The van der Waals surface area contributed by atoms with Crippen LogP contribution >= 0.6 is 22.7 Å². The van der Waals surface area contributed by atoms with Crippen molar-refractivity contribution in [3.8, 4) is 10.7 Å². The minimum absolute atomic E-state index is 0.682. The van der Waals surface area contributed by atoms with Gasteiger partial charge in [0.25, 0.3) is 0 Å². The highest BCUT2D eigenvalue weighted by Gasteiger charge is 2.21. The molecule has 1 saturated heterocycles. The third kappa shape index (κ3) is 3.11. The summed E-state index contributed by atoms with van der Waals surface area (Å²) in [7, 11) is 0. The number of thiophene rings is 1. The molecule has 1 aromatic carbocycles. The van der Waals surface area contributed by atoms with Crippen LogP contribution < -0.4 is 4.90 Å². The van der Waals surface area contributed by atoms with Gasteiger partial charge in [-0.25, -0.2) is 4.98 Å². The Labute approximate surface area is 158 Å². The quantitative estimate of drug-likeness (QED) is 0.535. The van der Waals surface area contributed by atoms with Gasteiger partial charge in [-0.1, -0.05) is 34.7 Å². The molecule has 0 N–H and O–H groups in total. The summed E-state index contributed by atoms with van der Waals surface area (Å²) in [6, 6.07) is 12.3. The lowest BCUT2D eigenvalue weighted by Gasteiger charge is -2.33. The van der Waals surface area contributed by atoms with Crippen LogP contribution in [0.4, 0.5) is 5.13 Å². The van der Waals surface area contributed by atoms with E-state index in [9.17, 15) is 0 Å². The molecule has 0 unspecified atom stereocenters. The molecule has 132 valence electrons. The van der Waals surface area contributed by atoms with Crippen molar-refractivity contribution in [2.24, 2.45) is 0 Å². The van der Waals surface area contributed by atoms with Gasteiger partial charge in [0.1, 0.15) is 0 Å². The summed E-state index contributed by atoms with van der Waals surface area (Å²) in [5, 5.41) is 7.22. The first kappa shape index (κ1) is 15.9. The molecule has 3 aromatic heterocycles. The lowest BCUT2D eigenvalue weighted by Crippen LogP contribution is -2.46. The summed E-state index contributed by atoms with van der Waals surface area (Å²) in [5.74, 6) is 1.37. The van der Waals surface area contributed by atoms with Crippen LogP contribution in [0, 0.1) is 0 Å². The van der Waals surface area contributed by atoms with E-state index >= 15 is 0 Å². The fourth-order valence-electron chi connectivity index (χ4n) is 3.11. The van der Waals surface area contributed by atoms with Crippen molar-refractivity contribution < 1.29 is 4.52 Å². The molecule has 6 nitrogen and oxygen atoms in total. The summed E-state index contributed by atoms with van der Waals surface area (Å²) in [6.07, 6.45) is 0. The fraction of sp³-hybridized carbons (Fsp3) is 0.278. The number of anilines is 1. The van der Waals surface area contributed by atoms with Crippen LogP contribution in [0.5, 0.6) is 0 Å². The standard InChI is InChI=1S/C18H17N5OS2/c1-2-5-14-13(4-1)19-18(26-14)23-9-7-22(8-10-23)12-16-20-17(21-24-16)15-6-3-11-25-15/h1-6,11H,7-10,12H2. The van der Waals surface area contributed by atoms with Crippen LogP contribution in [0.2, 0.25) is 0 Å². The Morgan fingerprint density at radius 2 is 1.88 bits per heavy atom. The van der Waals surface area contributed by atoms with Gasteiger partial charge in [0.2, 0.25) is 11.7 Å². The molecule has 1 aliphatic heterocycles. The van der Waals surface area contributed by atoms with E-state index in [0.29, 0.717) is 18.3 Å². The Bertz CT molecular complexity index is 969. The highest BCUT2D eigenvalue weighted by Crippen LogP contribution is 2.29. The first-order valence-electron chi connectivity index (χ1n) is 8.54. The number of para-hydroxylation sites is 1. The number of thiazole rings is 1. The van der Waals surface area contributed by atoms with E-state index in [-0.39, 0.29) is 0 Å². The highest BCUT2D eigenvalue weighted by molar-refractivity contribution is 7.22. The summed E-state index contributed by atoms with van der Waals surface area (Å²) in [5.41, 5.74) is 1.09. The van der Waals surface area contributed by atoms with E-state index < -0.39 is 0 Å². The van der Waals surface area contributed by atoms with Crippen LogP contribution in [-0.2, 0) is 6.54 Å². The van der Waals surface area contributed by atoms with Gasteiger partial charge in [-0.3, -0.25) is 4.90 Å². The maximum atomic E-state index is 5.42. The summed E-state index contributed by atoms with van der Waals surface area (Å²) in [6.45, 7) is 4.56. The van der Waals surface area contributed by atoms with Crippen molar-refractivity contribution in [2.45, 2.75) is 6.54 Å². The average molecular weight is 384 g/mol.